The fourth-order valence-corrected chi connectivity index (χ4v) is 4.77. The maximum absolute atomic E-state index is 3.80. The Bertz CT molecular complexity index is 690. The van der Waals surface area contributed by atoms with Crippen molar-refractivity contribution >= 4 is 11.8 Å². The summed E-state index contributed by atoms with van der Waals surface area (Å²) in [5.41, 5.74) is 7.49. The summed E-state index contributed by atoms with van der Waals surface area (Å²) in [6.07, 6.45) is 1.09. The zero-order chi connectivity index (χ0) is 14.4. The number of nitrogens with one attached hydrogen (secondary N) is 1. The molecule has 2 aliphatic rings. The normalized spacial score (nSPS) is 22.7. The van der Waals surface area contributed by atoms with E-state index in [0.29, 0.717) is 6.04 Å². The van der Waals surface area contributed by atoms with Gasteiger partial charge < -0.3 is 5.32 Å². The molecule has 1 nitrogen and oxygen atoms in total. The van der Waals surface area contributed by atoms with Crippen molar-refractivity contribution in [3.63, 3.8) is 0 Å². The molecule has 0 saturated carbocycles. The van der Waals surface area contributed by atoms with Crippen molar-refractivity contribution in [3.05, 3.63) is 59.2 Å². The van der Waals surface area contributed by atoms with Crippen LogP contribution in [0.1, 0.15) is 36.6 Å². The smallest absolute Gasteiger partial charge is 0.0416 e. The number of fused-ring (bicyclic) bond motifs is 3. The van der Waals surface area contributed by atoms with Crippen LogP contribution in [0.3, 0.4) is 0 Å². The van der Waals surface area contributed by atoms with Crippen molar-refractivity contribution in [2.24, 2.45) is 0 Å². The third kappa shape index (κ3) is 2.41. The van der Waals surface area contributed by atoms with Gasteiger partial charge in [0.25, 0.3) is 0 Å². The lowest BCUT2D eigenvalue weighted by molar-refractivity contribution is 0.376. The predicted molar refractivity (Wildman–Crippen MR) is 92.0 cm³/mol. The van der Waals surface area contributed by atoms with Crippen LogP contribution in [0, 0.1) is 0 Å². The van der Waals surface area contributed by atoms with E-state index in [1.807, 2.05) is 0 Å². The summed E-state index contributed by atoms with van der Waals surface area (Å²) in [6.45, 7) is 4.60. The van der Waals surface area contributed by atoms with Gasteiger partial charge in [0, 0.05) is 23.1 Å². The summed E-state index contributed by atoms with van der Waals surface area (Å²) in [7, 11) is 0. The van der Waals surface area contributed by atoms with Crippen LogP contribution in [-0.4, -0.2) is 17.0 Å². The number of rotatable bonds is 1. The molecule has 1 atom stereocenters. The maximum Gasteiger partial charge on any atom is 0.0416 e. The number of hydrogen-bond donors (Lipinski definition) is 1. The summed E-state index contributed by atoms with van der Waals surface area (Å²) in [6, 6.07) is 16.3. The van der Waals surface area contributed by atoms with Crippen molar-refractivity contribution < 1.29 is 0 Å². The van der Waals surface area contributed by atoms with Gasteiger partial charge >= 0.3 is 0 Å². The number of hydrogen-bond acceptors (Lipinski definition) is 2. The van der Waals surface area contributed by atoms with Gasteiger partial charge in [0.15, 0.2) is 0 Å². The van der Waals surface area contributed by atoms with Gasteiger partial charge in [-0.15, -0.1) is 0 Å². The lowest BCUT2D eigenvalue weighted by Crippen LogP contribution is -2.48. The molecule has 1 N–H and O–H groups in total. The molecule has 0 radical (unpaired) electrons. The van der Waals surface area contributed by atoms with Gasteiger partial charge in [0.2, 0.25) is 0 Å². The third-order valence-corrected chi connectivity index (χ3v) is 6.03. The van der Waals surface area contributed by atoms with Crippen LogP contribution in [0.5, 0.6) is 0 Å². The lowest BCUT2D eigenvalue weighted by atomic mass is 9.98. The molecule has 1 heterocycles. The minimum atomic E-state index is 0.232. The van der Waals surface area contributed by atoms with E-state index in [-0.39, 0.29) is 5.54 Å². The molecule has 0 spiro atoms. The van der Waals surface area contributed by atoms with Gasteiger partial charge in [0.1, 0.15) is 0 Å². The Labute approximate surface area is 131 Å². The van der Waals surface area contributed by atoms with Gasteiger partial charge in [0.05, 0.1) is 0 Å². The zero-order valence-corrected chi connectivity index (χ0v) is 13.5. The monoisotopic (exact) mass is 295 g/mol. The number of thioether (sulfide) groups is 1. The summed E-state index contributed by atoms with van der Waals surface area (Å²) in [5.74, 6) is 2.37. The third-order valence-electron chi connectivity index (χ3n) is 4.53. The average molecular weight is 295 g/mol. The molecule has 0 aromatic heterocycles. The van der Waals surface area contributed by atoms with Crippen LogP contribution in [0.2, 0.25) is 0 Å². The maximum atomic E-state index is 3.80. The van der Waals surface area contributed by atoms with E-state index in [9.17, 15) is 0 Å². The largest absolute Gasteiger partial charge is 0.303 e. The SMILES string of the molecule is CC1(C)CSCC(c2ccc3c(c2)Cc2ccccc2-3)N1. The molecule has 1 aliphatic carbocycles. The van der Waals surface area contributed by atoms with E-state index >= 15 is 0 Å². The molecule has 2 aromatic rings. The first-order valence-corrected chi connectivity index (χ1v) is 8.84. The summed E-state index contributed by atoms with van der Waals surface area (Å²) in [5, 5.41) is 3.80. The second-order valence-corrected chi connectivity index (χ2v) is 7.88. The molecule has 2 aromatic carbocycles. The van der Waals surface area contributed by atoms with Crippen LogP contribution in [-0.2, 0) is 6.42 Å². The zero-order valence-electron chi connectivity index (χ0n) is 12.6. The molecule has 0 bridgehead atoms. The van der Waals surface area contributed by atoms with E-state index in [4.69, 9.17) is 0 Å². The molecule has 1 fully saturated rings. The Kier molecular flexibility index (Phi) is 3.13. The Balaban J connectivity index is 1.67. The summed E-state index contributed by atoms with van der Waals surface area (Å²) < 4.78 is 0. The van der Waals surface area contributed by atoms with E-state index < -0.39 is 0 Å². The second kappa shape index (κ2) is 4.89. The van der Waals surface area contributed by atoms with Crippen LogP contribution < -0.4 is 5.32 Å². The van der Waals surface area contributed by atoms with Crippen LogP contribution in [0.4, 0.5) is 0 Å². The van der Waals surface area contributed by atoms with E-state index in [1.54, 1.807) is 0 Å². The van der Waals surface area contributed by atoms with Crippen molar-refractivity contribution in [1.82, 2.24) is 5.32 Å². The van der Waals surface area contributed by atoms with Crippen LogP contribution in [0.25, 0.3) is 11.1 Å². The molecule has 0 amide bonds. The molecule has 21 heavy (non-hydrogen) atoms. The van der Waals surface area contributed by atoms with Crippen molar-refractivity contribution in [1.29, 1.82) is 0 Å². The van der Waals surface area contributed by atoms with Crippen LogP contribution >= 0.6 is 11.8 Å². The number of benzene rings is 2. The first-order chi connectivity index (χ1) is 10.1. The Morgan fingerprint density at radius 3 is 2.71 bits per heavy atom. The molecule has 1 saturated heterocycles. The molecular weight excluding hydrogens is 274 g/mol. The van der Waals surface area contributed by atoms with Crippen molar-refractivity contribution in [3.8, 4) is 11.1 Å². The fraction of sp³-hybridized carbons (Fsp3) is 0.368. The standard InChI is InChI=1S/C19H21NS/c1-19(2)12-21-11-18(20-19)14-7-8-17-15(10-14)9-13-5-3-4-6-16(13)17/h3-8,10,18,20H,9,11-12H2,1-2H3. The van der Waals surface area contributed by atoms with E-state index in [1.165, 1.54) is 39.3 Å². The summed E-state index contributed by atoms with van der Waals surface area (Å²) >= 11 is 2.06. The molecule has 1 aliphatic heterocycles. The molecule has 108 valence electrons. The van der Waals surface area contributed by atoms with E-state index in [2.05, 4.69) is 73.4 Å². The first-order valence-electron chi connectivity index (χ1n) is 7.69. The van der Waals surface area contributed by atoms with Gasteiger partial charge in [-0.1, -0.05) is 42.5 Å². The fourth-order valence-electron chi connectivity index (χ4n) is 3.55. The quantitative estimate of drug-likeness (QED) is 0.713. The average Bonchev–Trinajstić information content (AvgIpc) is 2.83. The van der Waals surface area contributed by atoms with Crippen molar-refractivity contribution in [2.45, 2.75) is 31.8 Å². The highest BCUT2D eigenvalue weighted by Gasteiger charge is 2.29. The van der Waals surface area contributed by atoms with Crippen molar-refractivity contribution in [2.75, 3.05) is 11.5 Å². The predicted octanol–water partition coefficient (Wildman–Crippen LogP) is 4.41. The summed E-state index contributed by atoms with van der Waals surface area (Å²) in [4.78, 5) is 0. The van der Waals surface area contributed by atoms with Crippen LogP contribution in [0.15, 0.2) is 42.5 Å². The highest BCUT2D eigenvalue weighted by molar-refractivity contribution is 7.99. The Morgan fingerprint density at radius 1 is 1.05 bits per heavy atom. The highest BCUT2D eigenvalue weighted by atomic mass is 32.2. The minimum Gasteiger partial charge on any atom is -0.303 e. The Morgan fingerprint density at radius 2 is 1.86 bits per heavy atom. The minimum absolute atomic E-state index is 0.232. The molecular formula is C19H21NS. The highest BCUT2D eigenvalue weighted by Crippen LogP contribution is 2.38. The van der Waals surface area contributed by atoms with Gasteiger partial charge in [-0.05, 0) is 48.1 Å². The topological polar surface area (TPSA) is 12.0 Å². The van der Waals surface area contributed by atoms with E-state index in [0.717, 1.165) is 6.42 Å². The Hall–Kier alpha value is -1.25. The molecule has 4 rings (SSSR count). The van der Waals surface area contributed by atoms with Gasteiger partial charge in [-0.2, -0.15) is 11.8 Å². The lowest BCUT2D eigenvalue weighted by Gasteiger charge is -2.37. The second-order valence-electron chi connectivity index (χ2n) is 6.85. The first kappa shape index (κ1) is 13.4. The van der Waals surface area contributed by atoms with Gasteiger partial charge in [-0.3, -0.25) is 0 Å². The van der Waals surface area contributed by atoms with Gasteiger partial charge in [-0.25, -0.2) is 0 Å². The molecule has 1 unspecified atom stereocenters. The molecule has 2 heteroatoms.